The molecule has 1 aliphatic rings. The van der Waals surface area contributed by atoms with Gasteiger partial charge in [-0.25, -0.2) is 4.99 Å². The molecule has 5 heteroatoms. The molecule has 0 spiro atoms. The van der Waals surface area contributed by atoms with Crippen LogP contribution in [0.4, 0.5) is 5.69 Å². The minimum absolute atomic E-state index is 0.129. The van der Waals surface area contributed by atoms with Crippen LogP contribution < -0.4 is 5.32 Å². The highest BCUT2D eigenvalue weighted by molar-refractivity contribution is 8.18. The molecule has 1 aromatic heterocycles. The van der Waals surface area contributed by atoms with Gasteiger partial charge >= 0.3 is 0 Å². The van der Waals surface area contributed by atoms with Gasteiger partial charge in [0.1, 0.15) is 0 Å². The molecule has 1 saturated heterocycles. The molecule has 21 heavy (non-hydrogen) atoms. The molecule has 2 heterocycles. The Balaban J connectivity index is 1.85. The lowest BCUT2D eigenvalue weighted by Crippen LogP contribution is -2.19. The number of hydrogen-bond acceptors (Lipinski definition) is 4. The van der Waals surface area contributed by atoms with Crippen molar-refractivity contribution in [1.29, 1.82) is 0 Å². The first-order valence-electron chi connectivity index (χ1n) is 6.47. The van der Waals surface area contributed by atoms with Crippen molar-refractivity contribution in [3.63, 3.8) is 0 Å². The summed E-state index contributed by atoms with van der Waals surface area (Å²) in [5.74, 6) is -0.129. The van der Waals surface area contributed by atoms with Crippen LogP contribution in [-0.4, -0.2) is 16.1 Å². The second-order valence-corrected chi connectivity index (χ2v) is 5.59. The summed E-state index contributed by atoms with van der Waals surface area (Å²) in [6.45, 7) is 1.99. The maximum atomic E-state index is 12.0. The van der Waals surface area contributed by atoms with E-state index in [1.54, 1.807) is 12.4 Å². The molecule has 0 aliphatic carbocycles. The van der Waals surface area contributed by atoms with Gasteiger partial charge in [0.25, 0.3) is 5.91 Å². The lowest BCUT2D eigenvalue weighted by Gasteiger charge is -1.99. The molecule has 0 unspecified atom stereocenters. The van der Waals surface area contributed by atoms with Crippen LogP contribution in [0.1, 0.15) is 11.1 Å². The lowest BCUT2D eigenvalue weighted by atomic mass is 10.2. The smallest absolute Gasteiger partial charge is 0.264 e. The molecular weight excluding hydrogens is 282 g/mol. The summed E-state index contributed by atoms with van der Waals surface area (Å²) in [4.78, 5) is 21.1. The number of para-hydroxylation sites is 1. The fourth-order valence-corrected chi connectivity index (χ4v) is 2.73. The number of nitrogens with one attached hydrogen (secondary N) is 1. The van der Waals surface area contributed by atoms with Crippen LogP contribution in [0.3, 0.4) is 0 Å². The van der Waals surface area contributed by atoms with E-state index in [2.05, 4.69) is 15.3 Å². The highest BCUT2D eigenvalue weighted by Gasteiger charge is 2.23. The number of amides is 1. The average molecular weight is 295 g/mol. The number of pyridine rings is 1. The maximum Gasteiger partial charge on any atom is 0.264 e. The first kappa shape index (κ1) is 13.6. The summed E-state index contributed by atoms with van der Waals surface area (Å²) in [6.07, 6.45) is 5.24. The molecule has 3 rings (SSSR count). The monoisotopic (exact) mass is 295 g/mol. The summed E-state index contributed by atoms with van der Waals surface area (Å²) in [5.41, 5.74) is 2.83. The maximum absolute atomic E-state index is 12.0. The van der Waals surface area contributed by atoms with Crippen molar-refractivity contribution in [3.8, 4) is 0 Å². The molecule has 104 valence electrons. The predicted octanol–water partition coefficient (Wildman–Crippen LogP) is 3.28. The van der Waals surface area contributed by atoms with Gasteiger partial charge in [-0.3, -0.25) is 9.78 Å². The first-order valence-corrected chi connectivity index (χ1v) is 7.29. The van der Waals surface area contributed by atoms with Crippen molar-refractivity contribution in [1.82, 2.24) is 10.3 Å². The van der Waals surface area contributed by atoms with Crippen LogP contribution in [0.25, 0.3) is 6.08 Å². The second-order valence-electron chi connectivity index (χ2n) is 4.55. The number of nitrogens with zero attached hydrogens (tertiary/aromatic N) is 2. The Kier molecular flexibility index (Phi) is 3.83. The van der Waals surface area contributed by atoms with E-state index in [0.717, 1.165) is 16.8 Å². The highest BCUT2D eigenvalue weighted by atomic mass is 32.2. The van der Waals surface area contributed by atoms with Gasteiger partial charge in [-0.15, -0.1) is 0 Å². The van der Waals surface area contributed by atoms with Gasteiger partial charge in [0.15, 0.2) is 5.17 Å². The fraction of sp³-hybridized carbons (Fsp3) is 0.0625. The van der Waals surface area contributed by atoms with Gasteiger partial charge in [-0.2, -0.15) is 0 Å². The van der Waals surface area contributed by atoms with Gasteiger partial charge < -0.3 is 5.32 Å². The molecule has 2 aromatic rings. The third-order valence-corrected chi connectivity index (χ3v) is 3.88. The standard InChI is InChI=1S/C16H13N3OS/c1-11-5-2-3-7-13(11)18-16-19-15(20)14(21-16)9-12-6-4-8-17-10-12/h2-10H,1H3,(H,18,19,20)/b14-9+. The SMILES string of the molecule is Cc1ccccc1N=C1NC(=O)/C(=C\c2cccnc2)S1. The number of carbonyl (C=O) groups excluding carboxylic acids is 1. The van der Waals surface area contributed by atoms with Crippen LogP contribution in [0.5, 0.6) is 0 Å². The van der Waals surface area contributed by atoms with Crippen LogP contribution in [0.2, 0.25) is 0 Å². The number of rotatable bonds is 2. The lowest BCUT2D eigenvalue weighted by molar-refractivity contribution is -0.115. The molecule has 0 atom stereocenters. The van der Waals surface area contributed by atoms with Gasteiger partial charge in [0.05, 0.1) is 10.6 Å². The number of aromatic nitrogens is 1. The number of thioether (sulfide) groups is 1. The van der Waals surface area contributed by atoms with E-state index >= 15 is 0 Å². The number of amidine groups is 1. The Morgan fingerprint density at radius 3 is 2.86 bits per heavy atom. The van der Waals surface area contributed by atoms with E-state index in [0.29, 0.717) is 10.1 Å². The minimum atomic E-state index is -0.129. The van der Waals surface area contributed by atoms with E-state index in [4.69, 9.17) is 0 Å². The number of hydrogen-bond donors (Lipinski definition) is 1. The van der Waals surface area contributed by atoms with E-state index in [1.165, 1.54) is 11.8 Å². The van der Waals surface area contributed by atoms with Crippen molar-refractivity contribution < 1.29 is 4.79 Å². The van der Waals surface area contributed by atoms with Crippen molar-refractivity contribution in [2.45, 2.75) is 6.92 Å². The predicted molar refractivity (Wildman–Crippen MR) is 86.2 cm³/mol. The normalized spacial score (nSPS) is 18.2. The highest BCUT2D eigenvalue weighted by Crippen LogP contribution is 2.28. The Morgan fingerprint density at radius 1 is 1.24 bits per heavy atom. The average Bonchev–Trinajstić information content (AvgIpc) is 2.82. The number of benzene rings is 1. The number of aliphatic imine (C=N–C) groups is 1. The second kappa shape index (κ2) is 5.93. The molecule has 0 radical (unpaired) electrons. The zero-order chi connectivity index (χ0) is 14.7. The van der Waals surface area contributed by atoms with E-state index in [9.17, 15) is 4.79 Å². The number of aryl methyl sites for hydroxylation is 1. The largest absolute Gasteiger partial charge is 0.300 e. The summed E-state index contributed by atoms with van der Waals surface area (Å²) >= 11 is 1.34. The molecule has 1 amide bonds. The molecular formula is C16H13N3OS. The minimum Gasteiger partial charge on any atom is -0.300 e. The fourth-order valence-electron chi connectivity index (χ4n) is 1.89. The Morgan fingerprint density at radius 2 is 2.10 bits per heavy atom. The molecule has 1 N–H and O–H groups in total. The van der Waals surface area contributed by atoms with Gasteiger partial charge in [0.2, 0.25) is 0 Å². The van der Waals surface area contributed by atoms with E-state index in [1.807, 2.05) is 49.4 Å². The molecule has 4 nitrogen and oxygen atoms in total. The summed E-state index contributed by atoms with van der Waals surface area (Å²) in [6, 6.07) is 11.6. The quantitative estimate of drug-likeness (QED) is 0.865. The van der Waals surface area contributed by atoms with Crippen LogP contribution in [-0.2, 0) is 4.79 Å². The summed E-state index contributed by atoms with van der Waals surface area (Å²) < 4.78 is 0. The van der Waals surface area contributed by atoms with Crippen molar-refractivity contribution >= 4 is 34.6 Å². The van der Waals surface area contributed by atoms with Crippen molar-refractivity contribution in [3.05, 3.63) is 64.8 Å². The van der Waals surface area contributed by atoms with E-state index < -0.39 is 0 Å². The van der Waals surface area contributed by atoms with Gasteiger partial charge in [-0.05, 0) is 48.0 Å². The van der Waals surface area contributed by atoms with Crippen LogP contribution in [0, 0.1) is 6.92 Å². The number of carbonyl (C=O) groups is 1. The summed E-state index contributed by atoms with van der Waals surface area (Å²) in [5, 5.41) is 3.39. The summed E-state index contributed by atoms with van der Waals surface area (Å²) in [7, 11) is 0. The van der Waals surface area contributed by atoms with Crippen molar-refractivity contribution in [2.24, 2.45) is 4.99 Å². The molecule has 1 aliphatic heterocycles. The van der Waals surface area contributed by atoms with Gasteiger partial charge in [0, 0.05) is 12.4 Å². The zero-order valence-electron chi connectivity index (χ0n) is 11.4. The first-order chi connectivity index (χ1) is 10.2. The zero-order valence-corrected chi connectivity index (χ0v) is 12.2. The third-order valence-electron chi connectivity index (χ3n) is 2.97. The third kappa shape index (κ3) is 3.20. The molecule has 1 aromatic carbocycles. The molecule has 0 bridgehead atoms. The molecule has 1 fully saturated rings. The Labute approximate surface area is 127 Å². The van der Waals surface area contributed by atoms with Crippen molar-refractivity contribution in [2.75, 3.05) is 0 Å². The topological polar surface area (TPSA) is 54.4 Å². The Bertz CT molecular complexity index is 738. The van der Waals surface area contributed by atoms with Gasteiger partial charge in [-0.1, -0.05) is 24.3 Å². The Hall–Kier alpha value is -2.40. The van der Waals surface area contributed by atoms with Crippen LogP contribution >= 0.6 is 11.8 Å². The van der Waals surface area contributed by atoms with E-state index in [-0.39, 0.29) is 5.91 Å². The molecule has 0 saturated carbocycles. The van der Waals surface area contributed by atoms with Crippen LogP contribution in [0.15, 0.2) is 58.7 Å².